The van der Waals surface area contributed by atoms with Crippen LogP contribution in [0, 0.1) is 0 Å². The Morgan fingerprint density at radius 3 is 2.42 bits per heavy atom. The van der Waals surface area contributed by atoms with Crippen LogP contribution in [-0.4, -0.2) is 26.7 Å². The first kappa shape index (κ1) is 18.3. The van der Waals surface area contributed by atoms with Crippen LogP contribution in [0.15, 0.2) is 48.5 Å². The van der Waals surface area contributed by atoms with Crippen LogP contribution in [0.5, 0.6) is 5.75 Å². The summed E-state index contributed by atoms with van der Waals surface area (Å²) in [5.41, 5.74) is 0.990. The molecule has 0 spiro atoms. The van der Waals surface area contributed by atoms with Gasteiger partial charge in [0.15, 0.2) is 9.84 Å². The number of nitrogens with one attached hydrogen (secondary N) is 1. The van der Waals surface area contributed by atoms with Crippen LogP contribution in [0.1, 0.15) is 12.5 Å². The van der Waals surface area contributed by atoms with Crippen molar-refractivity contribution in [2.75, 3.05) is 17.7 Å². The number of amides is 1. The molecule has 0 saturated carbocycles. The van der Waals surface area contributed by atoms with Crippen LogP contribution >= 0.6 is 11.6 Å². The van der Waals surface area contributed by atoms with Crippen molar-refractivity contribution < 1.29 is 17.9 Å². The van der Waals surface area contributed by atoms with Crippen LogP contribution in [-0.2, 0) is 20.4 Å². The molecule has 0 aliphatic carbocycles. The van der Waals surface area contributed by atoms with Crippen molar-refractivity contribution in [1.29, 1.82) is 0 Å². The number of anilines is 1. The van der Waals surface area contributed by atoms with E-state index in [1.54, 1.807) is 48.5 Å². The van der Waals surface area contributed by atoms with Gasteiger partial charge in [-0.15, -0.1) is 0 Å². The first-order valence-corrected chi connectivity index (χ1v) is 9.56. The zero-order valence-electron chi connectivity index (χ0n) is 13.2. The molecule has 0 atom stereocenters. The fourth-order valence-corrected chi connectivity index (χ4v) is 3.68. The molecule has 128 valence electrons. The lowest BCUT2D eigenvalue weighted by Crippen LogP contribution is -2.24. The Hall–Kier alpha value is -2.05. The van der Waals surface area contributed by atoms with Gasteiger partial charge in [-0.1, -0.05) is 29.8 Å². The zero-order chi connectivity index (χ0) is 17.6. The van der Waals surface area contributed by atoms with E-state index in [0.29, 0.717) is 28.6 Å². The Balaban J connectivity index is 1.96. The summed E-state index contributed by atoms with van der Waals surface area (Å²) in [4.78, 5) is 12.0. The average Bonchev–Trinajstić information content (AvgIpc) is 2.51. The number of carbonyl (C=O) groups is 1. The monoisotopic (exact) mass is 367 g/mol. The Morgan fingerprint density at radius 1 is 1.12 bits per heavy atom. The van der Waals surface area contributed by atoms with Crippen molar-refractivity contribution in [3.63, 3.8) is 0 Å². The summed E-state index contributed by atoms with van der Waals surface area (Å²) in [5.74, 6) is -0.789. The zero-order valence-corrected chi connectivity index (χ0v) is 14.7. The summed E-state index contributed by atoms with van der Waals surface area (Å²) in [7, 11) is -3.61. The Bertz CT molecular complexity index is 804. The highest BCUT2D eigenvalue weighted by molar-refractivity contribution is 7.91. The van der Waals surface area contributed by atoms with Gasteiger partial charge < -0.3 is 10.1 Å². The molecule has 0 unspecified atom stereocenters. The quantitative estimate of drug-likeness (QED) is 0.815. The predicted molar refractivity (Wildman–Crippen MR) is 95.2 cm³/mol. The fourth-order valence-electron chi connectivity index (χ4n) is 2.10. The second kappa shape index (κ2) is 8.17. The highest BCUT2D eigenvalue weighted by Crippen LogP contribution is 2.19. The molecule has 0 saturated heterocycles. The minimum atomic E-state index is -3.61. The maximum atomic E-state index is 12.2. The molecule has 0 aliphatic rings. The summed E-state index contributed by atoms with van der Waals surface area (Å²) >= 11 is 5.96. The smallest absolute Gasteiger partial charge is 0.239 e. The SMILES string of the molecule is CCOc1ccc(NC(=O)CS(=O)(=O)Cc2ccccc2Cl)cc1. The molecule has 1 N–H and O–H groups in total. The summed E-state index contributed by atoms with van der Waals surface area (Å²) in [5, 5.41) is 2.93. The predicted octanol–water partition coefficient (Wildman–Crippen LogP) is 3.29. The maximum Gasteiger partial charge on any atom is 0.239 e. The standard InChI is InChI=1S/C17H18ClNO4S/c1-2-23-15-9-7-14(8-10-15)19-17(20)12-24(21,22)11-13-5-3-4-6-16(13)18/h3-10H,2,11-12H2,1H3,(H,19,20). The highest BCUT2D eigenvalue weighted by Gasteiger charge is 2.18. The minimum absolute atomic E-state index is 0.274. The van der Waals surface area contributed by atoms with Crippen molar-refractivity contribution in [1.82, 2.24) is 0 Å². The van der Waals surface area contributed by atoms with Crippen molar-refractivity contribution in [3.05, 3.63) is 59.1 Å². The third-order valence-corrected chi connectivity index (χ3v) is 4.95. The largest absolute Gasteiger partial charge is 0.494 e. The molecule has 2 aromatic rings. The Labute approximate surface area is 146 Å². The lowest BCUT2D eigenvalue weighted by atomic mass is 10.2. The molecule has 0 aromatic heterocycles. The first-order chi connectivity index (χ1) is 11.4. The minimum Gasteiger partial charge on any atom is -0.494 e. The van der Waals surface area contributed by atoms with E-state index in [9.17, 15) is 13.2 Å². The summed E-state index contributed by atoms with van der Waals surface area (Å²) in [6, 6.07) is 13.4. The lowest BCUT2D eigenvalue weighted by Gasteiger charge is -2.08. The Morgan fingerprint density at radius 2 is 1.79 bits per heavy atom. The molecule has 0 radical (unpaired) electrons. The van der Waals surface area contributed by atoms with Gasteiger partial charge in [-0.2, -0.15) is 0 Å². The summed E-state index contributed by atoms with van der Waals surface area (Å²) in [6.07, 6.45) is 0. The van der Waals surface area contributed by atoms with E-state index in [2.05, 4.69) is 5.32 Å². The number of ether oxygens (including phenoxy) is 1. The van der Waals surface area contributed by atoms with E-state index in [-0.39, 0.29) is 5.75 Å². The van der Waals surface area contributed by atoms with Gasteiger partial charge in [0.1, 0.15) is 11.5 Å². The molecular weight excluding hydrogens is 350 g/mol. The van der Waals surface area contributed by atoms with Gasteiger partial charge in [-0.05, 0) is 42.8 Å². The molecule has 0 fully saturated rings. The average molecular weight is 368 g/mol. The topological polar surface area (TPSA) is 72.5 Å². The number of hydrogen-bond donors (Lipinski definition) is 1. The number of sulfone groups is 1. The molecule has 24 heavy (non-hydrogen) atoms. The van der Waals surface area contributed by atoms with Crippen molar-refractivity contribution in [3.8, 4) is 5.75 Å². The van der Waals surface area contributed by atoms with Crippen molar-refractivity contribution in [2.24, 2.45) is 0 Å². The molecule has 2 aromatic carbocycles. The highest BCUT2D eigenvalue weighted by atomic mass is 35.5. The van der Waals surface area contributed by atoms with Gasteiger partial charge in [-0.3, -0.25) is 4.79 Å². The third kappa shape index (κ3) is 5.54. The van der Waals surface area contributed by atoms with Gasteiger partial charge in [0.2, 0.25) is 5.91 Å². The molecule has 2 rings (SSSR count). The molecule has 7 heteroatoms. The second-order valence-electron chi connectivity index (χ2n) is 5.13. The summed E-state index contributed by atoms with van der Waals surface area (Å²) in [6.45, 7) is 2.42. The third-order valence-electron chi connectivity index (χ3n) is 3.13. The van der Waals surface area contributed by atoms with Crippen LogP contribution < -0.4 is 10.1 Å². The second-order valence-corrected chi connectivity index (χ2v) is 7.60. The van der Waals surface area contributed by atoms with E-state index in [1.807, 2.05) is 6.92 Å². The van der Waals surface area contributed by atoms with E-state index < -0.39 is 21.5 Å². The molecular formula is C17H18ClNO4S. The van der Waals surface area contributed by atoms with Crippen LogP contribution in [0.2, 0.25) is 5.02 Å². The molecule has 5 nitrogen and oxygen atoms in total. The van der Waals surface area contributed by atoms with Crippen LogP contribution in [0.4, 0.5) is 5.69 Å². The number of carbonyl (C=O) groups excluding carboxylic acids is 1. The molecule has 1 amide bonds. The fraction of sp³-hybridized carbons (Fsp3) is 0.235. The molecule has 0 aliphatic heterocycles. The van der Waals surface area contributed by atoms with E-state index in [1.165, 1.54) is 0 Å². The van der Waals surface area contributed by atoms with E-state index >= 15 is 0 Å². The van der Waals surface area contributed by atoms with Crippen LogP contribution in [0.3, 0.4) is 0 Å². The van der Waals surface area contributed by atoms with Gasteiger partial charge in [0.05, 0.1) is 12.4 Å². The van der Waals surface area contributed by atoms with Gasteiger partial charge in [0, 0.05) is 10.7 Å². The van der Waals surface area contributed by atoms with Gasteiger partial charge >= 0.3 is 0 Å². The molecule has 0 heterocycles. The lowest BCUT2D eigenvalue weighted by molar-refractivity contribution is -0.113. The summed E-state index contributed by atoms with van der Waals surface area (Å²) < 4.78 is 29.6. The number of hydrogen-bond acceptors (Lipinski definition) is 4. The van der Waals surface area contributed by atoms with E-state index in [0.717, 1.165) is 0 Å². The van der Waals surface area contributed by atoms with Crippen LogP contribution in [0.25, 0.3) is 0 Å². The number of halogens is 1. The van der Waals surface area contributed by atoms with E-state index in [4.69, 9.17) is 16.3 Å². The van der Waals surface area contributed by atoms with Gasteiger partial charge in [-0.25, -0.2) is 8.42 Å². The van der Waals surface area contributed by atoms with Crippen molar-refractivity contribution >= 4 is 33.0 Å². The molecule has 0 bridgehead atoms. The number of rotatable bonds is 7. The first-order valence-electron chi connectivity index (χ1n) is 7.36. The Kier molecular flexibility index (Phi) is 6.23. The van der Waals surface area contributed by atoms with Crippen molar-refractivity contribution in [2.45, 2.75) is 12.7 Å². The normalized spacial score (nSPS) is 11.1. The van der Waals surface area contributed by atoms with Gasteiger partial charge in [0.25, 0.3) is 0 Å². The maximum absolute atomic E-state index is 12.2. The number of benzene rings is 2.